The minimum Gasteiger partial charge on any atom is -0.768 e. The fourth-order valence-electron chi connectivity index (χ4n) is 3.56. The number of carbonyl (C=O) groups is 1. The molecule has 29 heavy (non-hydrogen) atoms. The van der Waals surface area contributed by atoms with Crippen molar-refractivity contribution in [2.24, 2.45) is 0 Å². The van der Waals surface area contributed by atoms with Crippen LogP contribution in [0.15, 0.2) is 77.7 Å². The van der Waals surface area contributed by atoms with Gasteiger partial charge in [-0.1, -0.05) is 36.4 Å². The first kappa shape index (κ1) is 19.5. The molecule has 1 amide bonds. The molecule has 1 aliphatic heterocycles. The van der Waals surface area contributed by atoms with Gasteiger partial charge in [-0.15, -0.1) is 0 Å². The molecule has 1 atom stereocenters. The minimum atomic E-state index is -2.27. The molecule has 0 saturated carbocycles. The van der Waals surface area contributed by atoms with E-state index < -0.39 is 11.1 Å². The summed E-state index contributed by atoms with van der Waals surface area (Å²) in [5, 5.41) is 2.79. The van der Waals surface area contributed by atoms with Gasteiger partial charge < -0.3 is 9.87 Å². The van der Waals surface area contributed by atoms with E-state index in [1.807, 2.05) is 24.3 Å². The first-order valence-corrected chi connectivity index (χ1v) is 10.5. The fourth-order valence-corrected chi connectivity index (χ4v) is 3.92. The first-order chi connectivity index (χ1) is 14.1. The SMILES string of the molecule is O=C(Nc1ccc(S(=O)[O-])cc1)c1ccc(CN2CCc3ccccc3C2)cc1. The number of carbonyl (C=O) groups excluding carboxylic acids is 1. The highest BCUT2D eigenvalue weighted by atomic mass is 32.2. The molecule has 0 bridgehead atoms. The lowest BCUT2D eigenvalue weighted by atomic mass is 9.99. The minimum absolute atomic E-state index is 0.188. The molecule has 5 nitrogen and oxygen atoms in total. The van der Waals surface area contributed by atoms with Crippen molar-refractivity contribution in [3.8, 4) is 0 Å². The summed E-state index contributed by atoms with van der Waals surface area (Å²) in [6.07, 6.45) is 1.06. The smallest absolute Gasteiger partial charge is 0.255 e. The quantitative estimate of drug-likeness (QED) is 0.657. The molecule has 148 valence electrons. The van der Waals surface area contributed by atoms with Gasteiger partial charge in [0.15, 0.2) is 0 Å². The van der Waals surface area contributed by atoms with Gasteiger partial charge >= 0.3 is 0 Å². The molecule has 3 aromatic carbocycles. The molecule has 0 fully saturated rings. The second-order valence-corrected chi connectivity index (χ2v) is 8.08. The number of hydrogen-bond acceptors (Lipinski definition) is 4. The van der Waals surface area contributed by atoms with E-state index in [4.69, 9.17) is 0 Å². The average molecular weight is 405 g/mol. The van der Waals surface area contributed by atoms with Crippen LogP contribution in [0.25, 0.3) is 0 Å². The van der Waals surface area contributed by atoms with Crippen molar-refractivity contribution in [3.05, 3.63) is 95.1 Å². The Kier molecular flexibility index (Phi) is 5.85. The van der Waals surface area contributed by atoms with Crippen molar-refractivity contribution < 1.29 is 13.6 Å². The van der Waals surface area contributed by atoms with Crippen molar-refractivity contribution in [1.82, 2.24) is 4.90 Å². The molecule has 0 aromatic heterocycles. The third-order valence-corrected chi connectivity index (χ3v) is 5.79. The van der Waals surface area contributed by atoms with Gasteiger partial charge in [0.05, 0.1) is 0 Å². The Bertz CT molecular complexity index is 1030. The molecule has 4 rings (SSSR count). The fraction of sp³-hybridized carbons (Fsp3) is 0.174. The van der Waals surface area contributed by atoms with Crippen LogP contribution < -0.4 is 5.32 Å². The van der Waals surface area contributed by atoms with Crippen LogP contribution in [0.3, 0.4) is 0 Å². The standard InChI is InChI=1S/C23H22N2O3S/c26-23(24-21-9-11-22(12-10-21)29(27)28)19-7-5-17(6-8-19)15-25-14-13-18-3-1-2-4-20(18)16-25/h1-12H,13-16H2,(H,24,26)(H,27,28)/p-1. The molecular formula is C23H21N2O3S-. The number of hydrogen-bond donors (Lipinski definition) is 1. The Balaban J connectivity index is 1.36. The lowest BCUT2D eigenvalue weighted by molar-refractivity contribution is 0.102. The molecule has 1 heterocycles. The van der Waals surface area contributed by atoms with Gasteiger partial charge in [0, 0.05) is 35.8 Å². The number of nitrogens with zero attached hydrogens (tertiary/aromatic N) is 1. The molecule has 0 radical (unpaired) electrons. The third kappa shape index (κ3) is 4.79. The molecule has 0 saturated heterocycles. The second kappa shape index (κ2) is 8.69. The first-order valence-electron chi connectivity index (χ1n) is 9.47. The second-order valence-electron chi connectivity index (χ2n) is 7.14. The van der Waals surface area contributed by atoms with E-state index in [1.165, 1.54) is 28.8 Å². The van der Waals surface area contributed by atoms with Crippen molar-refractivity contribution >= 4 is 22.7 Å². The van der Waals surface area contributed by atoms with Crippen LogP contribution in [0.4, 0.5) is 5.69 Å². The maximum Gasteiger partial charge on any atom is 0.255 e. The molecule has 1 aliphatic rings. The van der Waals surface area contributed by atoms with E-state index in [2.05, 4.69) is 34.5 Å². The predicted octanol–water partition coefficient (Wildman–Crippen LogP) is 3.74. The lowest BCUT2D eigenvalue weighted by Crippen LogP contribution is -2.29. The lowest BCUT2D eigenvalue weighted by Gasteiger charge is -2.28. The van der Waals surface area contributed by atoms with Crippen molar-refractivity contribution in [2.75, 3.05) is 11.9 Å². The predicted molar refractivity (Wildman–Crippen MR) is 112 cm³/mol. The number of benzene rings is 3. The van der Waals surface area contributed by atoms with Crippen LogP contribution in [0.1, 0.15) is 27.0 Å². The molecule has 0 spiro atoms. The molecule has 0 aliphatic carbocycles. The van der Waals surface area contributed by atoms with E-state index in [-0.39, 0.29) is 10.8 Å². The van der Waals surface area contributed by atoms with Gasteiger partial charge in [0.2, 0.25) is 0 Å². The van der Waals surface area contributed by atoms with Gasteiger partial charge in [-0.3, -0.25) is 13.9 Å². The van der Waals surface area contributed by atoms with Gasteiger partial charge in [-0.2, -0.15) is 0 Å². The van der Waals surface area contributed by atoms with Crippen LogP contribution in [-0.4, -0.2) is 26.1 Å². The highest BCUT2D eigenvalue weighted by Crippen LogP contribution is 2.20. The van der Waals surface area contributed by atoms with Crippen molar-refractivity contribution in [3.63, 3.8) is 0 Å². The van der Waals surface area contributed by atoms with Crippen LogP contribution in [0, 0.1) is 0 Å². The van der Waals surface area contributed by atoms with Crippen LogP contribution >= 0.6 is 0 Å². The van der Waals surface area contributed by atoms with E-state index in [0.717, 1.165) is 26.1 Å². The Labute approximate surface area is 172 Å². The summed E-state index contributed by atoms with van der Waals surface area (Å²) in [7, 11) is 0. The van der Waals surface area contributed by atoms with Crippen LogP contribution in [0.5, 0.6) is 0 Å². The summed E-state index contributed by atoms with van der Waals surface area (Å²) in [6, 6.07) is 22.3. The Morgan fingerprint density at radius 2 is 1.66 bits per heavy atom. The summed E-state index contributed by atoms with van der Waals surface area (Å²) in [5.74, 6) is -0.223. The zero-order valence-electron chi connectivity index (χ0n) is 15.8. The average Bonchev–Trinajstić information content (AvgIpc) is 2.74. The number of anilines is 1. The summed E-state index contributed by atoms with van der Waals surface area (Å²) in [4.78, 5) is 15.0. The maximum atomic E-state index is 12.4. The third-order valence-electron chi connectivity index (χ3n) is 5.14. The normalized spacial score (nSPS) is 14.8. The van der Waals surface area contributed by atoms with E-state index in [1.54, 1.807) is 12.1 Å². The van der Waals surface area contributed by atoms with E-state index >= 15 is 0 Å². The van der Waals surface area contributed by atoms with Gasteiger partial charge in [0.25, 0.3) is 5.91 Å². The topological polar surface area (TPSA) is 72.5 Å². The molecule has 1 N–H and O–H groups in total. The zero-order chi connectivity index (χ0) is 20.2. The van der Waals surface area contributed by atoms with E-state index in [0.29, 0.717) is 11.3 Å². The van der Waals surface area contributed by atoms with Gasteiger partial charge in [0.1, 0.15) is 0 Å². The van der Waals surface area contributed by atoms with Crippen molar-refractivity contribution in [2.45, 2.75) is 24.4 Å². The highest BCUT2D eigenvalue weighted by Gasteiger charge is 2.16. The maximum absolute atomic E-state index is 12.4. The molecule has 3 aromatic rings. The highest BCUT2D eigenvalue weighted by molar-refractivity contribution is 7.79. The monoisotopic (exact) mass is 405 g/mol. The summed E-state index contributed by atoms with van der Waals surface area (Å²) < 4.78 is 21.8. The van der Waals surface area contributed by atoms with E-state index in [9.17, 15) is 13.6 Å². The Hall–Kier alpha value is -2.80. The molecular weight excluding hydrogens is 384 g/mol. The van der Waals surface area contributed by atoms with Crippen LogP contribution in [0.2, 0.25) is 0 Å². The van der Waals surface area contributed by atoms with Crippen molar-refractivity contribution in [1.29, 1.82) is 0 Å². The molecule has 6 heteroatoms. The summed E-state index contributed by atoms with van der Waals surface area (Å²) in [5.41, 5.74) is 5.12. The zero-order valence-corrected chi connectivity index (χ0v) is 16.7. The largest absolute Gasteiger partial charge is 0.768 e. The summed E-state index contributed by atoms with van der Waals surface area (Å²) in [6.45, 7) is 2.83. The van der Waals surface area contributed by atoms with Gasteiger partial charge in [-0.25, -0.2) is 0 Å². The van der Waals surface area contributed by atoms with Gasteiger partial charge in [-0.05, 0) is 70.6 Å². The Morgan fingerprint density at radius 3 is 2.34 bits per heavy atom. The van der Waals surface area contributed by atoms with Crippen LogP contribution in [-0.2, 0) is 30.6 Å². The Morgan fingerprint density at radius 1 is 0.966 bits per heavy atom. The molecule has 1 unspecified atom stereocenters. The number of nitrogens with one attached hydrogen (secondary N) is 1. The summed E-state index contributed by atoms with van der Waals surface area (Å²) >= 11 is -2.27. The number of amides is 1. The number of rotatable bonds is 5. The number of fused-ring (bicyclic) bond motifs is 1.